The van der Waals surface area contributed by atoms with E-state index in [1.165, 1.54) is 0 Å². The van der Waals surface area contributed by atoms with Gasteiger partial charge in [0.05, 0.1) is 12.2 Å². The molecule has 0 aromatic carbocycles. The predicted molar refractivity (Wildman–Crippen MR) is 75.4 cm³/mol. The molecular weight excluding hydrogens is 250 g/mol. The fraction of sp³-hybridized carbons (Fsp3) is 0.538. The van der Waals surface area contributed by atoms with Gasteiger partial charge in [0, 0.05) is 14.1 Å². The van der Waals surface area contributed by atoms with E-state index in [-0.39, 0.29) is 5.91 Å². The molecule has 0 bridgehead atoms. The van der Waals surface area contributed by atoms with E-state index in [1.54, 1.807) is 11.9 Å². The Morgan fingerprint density at radius 1 is 1.50 bits per heavy atom. The summed E-state index contributed by atoms with van der Waals surface area (Å²) in [7, 11) is 3.60. The lowest BCUT2D eigenvalue weighted by molar-refractivity contribution is -0.129. The molecule has 1 aliphatic heterocycles. The van der Waals surface area contributed by atoms with Gasteiger partial charge in [-0.05, 0) is 25.8 Å². The van der Waals surface area contributed by atoms with Crippen LogP contribution in [-0.4, -0.2) is 42.2 Å². The maximum absolute atomic E-state index is 11.7. The Morgan fingerprint density at radius 2 is 2.11 bits per heavy atom. The van der Waals surface area contributed by atoms with E-state index < -0.39 is 0 Å². The first kappa shape index (κ1) is 14.8. The Labute approximate surface area is 114 Å². The molecule has 0 aliphatic carbocycles. The number of hydrogen-bond acceptors (Lipinski definition) is 2. The third-order valence-corrected chi connectivity index (χ3v) is 3.47. The van der Waals surface area contributed by atoms with Crippen molar-refractivity contribution in [3.8, 4) is 0 Å². The van der Waals surface area contributed by atoms with Gasteiger partial charge in [0.15, 0.2) is 5.84 Å². The van der Waals surface area contributed by atoms with Gasteiger partial charge in [-0.25, -0.2) is 4.99 Å². The molecule has 100 valence electrons. The van der Waals surface area contributed by atoms with Gasteiger partial charge in [0.1, 0.15) is 5.16 Å². The smallest absolute Gasteiger partial charge is 0.246 e. The zero-order valence-electron chi connectivity index (χ0n) is 11.6. The predicted octanol–water partition coefficient (Wildman–Crippen LogP) is 2.57. The number of carbonyl (C=O) groups excluding carboxylic acids is 1. The number of likely N-dealkylation sites (N-methyl/N-ethyl adjacent to an activating group) is 2. The highest BCUT2D eigenvalue weighted by atomic mass is 35.5. The molecule has 1 heterocycles. The number of nitrogens with zero attached hydrogens (tertiary/aromatic N) is 3. The first-order chi connectivity index (χ1) is 8.42. The average molecular weight is 270 g/mol. The van der Waals surface area contributed by atoms with Crippen LogP contribution < -0.4 is 0 Å². The Hall–Kier alpha value is -1.29. The minimum atomic E-state index is 0.0527. The highest BCUT2D eigenvalue weighted by molar-refractivity contribution is 6.30. The molecule has 1 fully saturated rings. The monoisotopic (exact) mass is 269 g/mol. The number of hydrogen-bond donors (Lipinski definition) is 0. The van der Waals surface area contributed by atoms with Crippen LogP contribution in [0.5, 0.6) is 0 Å². The van der Waals surface area contributed by atoms with E-state index in [4.69, 9.17) is 11.6 Å². The van der Waals surface area contributed by atoms with Gasteiger partial charge in [-0.15, -0.1) is 0 Å². The number of piperazine rings is 1. The summed E-state index contributed by atoms with van der Waals surface area (Å²) in [5.74, 6) is 0.786. The molecule has 1 saturated heterocycles. The van der Waals surface area contributed by atoms with Crippen molar-refractivity contribution in [2.45, 2.75) is 27.2 Å². The minimum absolute atomic E-state index is 0.0527. The number of rotatable bonds is 2. The second kappa shape index (κ2) is 6.05. The fourth-order valence-electron chi connectivity index (χ4n) is 1.66. The second-order valence-corrected chi connectivity index (χ2v) is 4.70. The minimum Gasteiger partial charge on any atom is -0.349 e. The topological polar surface area (TPSA) is 35.9 Å². The third kappa shape index (κ3) is 2.93. The van der Waals surface area contributed by atoms with Crippen molar-refractivity contribution in [3.05, 3.63) is 22.5 Å². The molecule has 0 unspecified atom stereocenters. The van der Waals surface area contributed by atoms with E-state index in [9.17, 15) is 4.79 Å². The molecule has 0 atom stereocenters. The summed E-state index contributed by atoms with van der Waals surface area (Å²) < 4.78 is 0. The zero-order chi connectivity index (χ0) is 13.9. The first-order valence-electron chi connectivity index (χ1n) is 6.00. The summed E-state index contributed by atoms with van der Waals surface area (Å²) in [4.78, 5) is 19.6. The Kier molecular flexibility index (Phi) is 4.96. The van der Waals surface area contributed by atoms with Crippen LogP contribution in [0.15, 0.2) is 27.5 Å². The van der Waals surface area contributed by atoms with Gasteiger partial charge >= 0.3 is 0 Å². The summed E-state index contributed by atoms with van der Waals surface area (Å²) >= 11 is 6.17. The van der Waals surface area contributed by atoms with Gasteiger partial charge in [-0.3, -0.25) is 4.79 Å². The summed E-state index contributed by atoms with van der Waals surface area (Å²) in [6.07, 6.45) is 2.73. The van der Waals surface area contributed by atoms with Crippen LogP contribution in [0.4, 0.5) is 0 Å². The maximum atomic E-state index is 11.7. The molecule has 0 aromatic heterocycles. The van der Waals surface area contributed by atoms with Crippen molar-refractivity contribution in [2.75, 3.05) is 20.6 Å². The molecule has 1 rings (SSSR count). The van der Waals surface area contributed by atoms with Gasteiger partial charge in [-0.2, -0.15) is 0 Å². The summed E-state index contributed by atoms with van der Waals surface area (Å²) in [5.41, 5.74) is 1.82. The number of amidine groups is 1. The van der Waals surface area contributed by atoms with E-state index in [1.807, 2.05) is 38.8 Å². The van der Waals surface area contributed by atoms with Crippen LogP contribution in [0.25, 0.3) is 0 Å². The number of aliphatic imine (C=N–C) groups is 1. The molecule has 1 aliphatic rings. The maximum Gasteiger partial charge on any atom is 0.246 e. The summed E-state index contributed by atoms with van der Waals surface area (Å²) in [6.45, 7) is 6.20. The Balaban J connectivity index is 3.20. The molecular formula is C13H20ClN3O. The second-order valence-electron chi connectivity index (χ2n) is 4.34. The lowest BCUT2D eigenvalue weighted by atomic mass is 10.2. The Morgan fingerprint density at radius 3 is 2.61 bits per heavy atom. The quantitative estimate of drug-likeness (QED) is 0.723. The van der Waals surface area contributed by atoms with E-state index >= 15 is 0 Å². The number of halogens is 1. The zero-order valence-corrected chi connectivity index (χ0v) is 12.4. The number of allylic oxidation sites excluding steroid dienone is 2. The number of carbonyl (C=O) groups is 1. The first-order valence-corrected chi connectivity index (χ1v) is 6.38. The standard InChI is InChI=1S/C13H20ClN3O/c1-6-9(3)12(14)15-13-10(7-2)17(5)11(18)8-16(13)4/h7H,6,8H2,1-5H3/b10-7+,12-9+,15-13+. The highest BCUT2D eigenvalue weighted by Gasteiger charge is 2.28. The molecule has 4 nitrogen and oxygen atoms in total. The lowest BCUT2D eigenvalue weighted by Crippen LogP contribution is -2.48. The average Bonchev–Trinajstić information content (AvgIpc) is 2.35. The van der Waals surface area contributed by atoms with Crippen molar-refractivity contribution in [1.29, 1.82) is 0 Å². The highest BCUT2D eigenvalue weighted by Crippen LogP contribution is 2.20. The van der Waals surface area contributed by atoms with Crippen molar-refractivity contribution >= 4 is 23.3 Å². The van der Waals surface area contributed by atoms with Crippen LogP contribution >= 0.6 is 11.6 Å². The molecule has 0 aromatic rings. The van der Waals surface area contributed by atoms with Gasteiger partial charge in [0.2, 0.25) is 5.91 Å². The summed E-state index contributed by atoms with van der Waals surface area (Å²) in [5, 5.41) is 0.501. The van der Waals surface area contributed by atoms with Crippen LogP contribution in [0.2, 0.25) is 0 Å². The van der Waals surface area contributed by atoms with E-state index in [2.05, 4.69) is 4.99 Å². The van der Waals surface area contributed by atoms with Gasteiger partial charge < -0.3 is 9.80 Å². The normalized spacial score (nSPS) is 22.9. The fourth-order valence-corrected chi connectivity index (χ4v) is 1.88. The third-order valence-electron chi connectivity index (χ3n) is 3.06. The number of amides is 1. The van der Waals surface area contributed by atoms with Crippen LogP contribution in [0, 0.1) is 0 Å². The van der Waals surface area contributed by atoms with Gasteiger partial charge in [-0.1, -0.05) is 24.6 Å². The van der Waals surface area contributed by atoms with Crippen LogP contribution in [0.3, 0.4) is 0 Å². The molecule has 5 heteroatoms. The molecule has 0 saturated carbocycles. The van der Waals surface area contributed by atoms with Crippen LogP contribution in [-0.2, 0) is 4.79 Å². The molecule has 0 spiro atoms. The summed E-state index contributed by atoms with van der Waals surface area (Å²) in [6, 6.07) is 0. The molecule has 18 heavy (non-hydrogen) atoms. The van der Waals surface area contributed by atoms with E-state index in [0.29, 0.717) is 11.7 Å². The lowest BCUT2D eigenvalue weighted by Gasteiger charge is -2.34. The SMILES string of the molecule is C\C=C1/C(=N\C(Cl)=C(/C)CC)N(C)CC(=O)N1C. The van der Waals surface area contributed by atoms with Crippen molar-refractivity contribution in [1.82, 2.24) is 9.80 Å². The van der Waals surface area contributed by atoms with Crippen molar-refractivity contribution < 1.29 is 4.79 Å². The van der Waals surface area contributed by atoms with Gasteiger partial charge in [0.25, 0.3) is 0 Å². The molecule has 0 N–H and O–H groups in total. The van der Waals surface area contributed by atoms with Crippen molar-refractivity contribution in [2.24, 2.45) is 4.99 Å². The molecule has 0 radical (unpaired) electrons. The van der Waals surface area contributed by atoms with E-state index in [0.717, 1.165) is 23.5 Å². The largest absolute Gasteiger partial charge is 0.349 e. The Bertz CT molecular complexity index is 438. The van der Waals surface area contributed by atoms with Crippen LogP contribution in [0.1, 0.15) is 27.2 Å². The van der Waals surface area contributed by atoms with Crippen molar-refractivity contribution in [3.63, 3.8) is 0 Å². The molecule has 1 amide bonds.